The number of carbonyl (C=O) groups is 2. The number of carboxylic acids is 1. The molecule has 1 amide bonds. The summed E-state index contributed by atoms with van der Waals surface area (Å²) in [7, 11) is 0. The second kappa shape index (κ2) is 9.44. The van der Waals surface area contributed by atoms with Gasteiger partial charge < -0.3 is 26.4 Å². The Balaban J connectivity index is 1.63. The molecule has 2 aromatic rings. The lowest BCUT2D eigenvalue weighted by atomic mass is 10.0. The Morgan fingerprint density at radius 1 is 1.20 bits per heavy atom. The Morgan fingerprint density at radius 3 is 2.50 bits per heavy atom. The lowest BCUT2D eigenvalue weighted by Gasteiger charge is -2.34. The molecule has 1 aromatic carbocycles. The van der Waals surface area contributed by atoms with Gasteiger partial charge in [-0.05, 0) is 31.0 Å². The minimum absolute atomic E-state index is 0.0632. The molecule has 1 saturated heterocycles. The first-order valence-electron chi connectivity index (χ1n) is 9.40. The van der Waals surface area contributed by atoms with Gasteiger partial charge in [0.2, 0.25) is 5.95 Å². The van der Waals surface area contributed by atoms with Crippen LogP contribution in [-0.2, 0) is 4.79 Å². The van der Waals surface area contributed by atoms with Gasteiger partial charge in [-0.2, -0.15) is 0 Å². The first kappa shape index (κ1) is 21.4. The summed E-state index contributed by atoms with van der Waals surface area (Å²) in [5.74, 6) is -4.11. The zero-order chi connectivity index (χ0) is 21.7. The molecule has 160 valence electrons. The Hall–Kier alpha value is -3.34. The smallest absolute Gasteiger partial charge is 0.306 e. The first-order valence-corrected chi connectivity index (χ1v) is 9.40. The van der Waals surface area contributed by atoms with E-state index in [0.29, 0.717) is 31.9 Å². The minimum atomic E-state index is -1.30. The van der Waals surface area contributed by atoms with Crippen LogP contribution in [0.1, 0.15) is 29.6 Å². The number of rotatable bonds is 7. The number of nitrogens with one attached hydrogen (secondary N) is 2. The van der Waals surface area contributed by atoms with Crippen molar-refractivity contribution in [3.8, 4) is 0 Å². The summed E-state index contributed by atoms with van der Waals surface area (Å²) in [6.07, 6.45) is 2.86. The second-order valence-electron chi connectivity index (χ2n) is 6.92. The van der Waals surface area contributed by atoms with E-state index >= 15 is 0 Å². The summed E-state index contributed by atoms with van der Waals surface area (Å²) in [6, 6.07) is 4.33. The van der Waals surface area contributed by atoms with Crippen LogP contribution in [0, 0.1) is 11.6 Å². The van der Waals surface area contributed by atoms with Gasteiger partial charge in [-0.15, -0.1) is 0 Å². The molecule has 11 heteroatoms. The number of carboxylic acid groups (broad SMARTS) is 1. The number of amides is 1. The zero-order valence-electron chi connectivity index (χ0n) is 16.0. The van der Waals surface area contributed by atoms with Crippen molar-refractivity contribution in [3.05, 3.63) is 47.8 Å². The molecule has 0 aliphatic carbocycles. The number of nitrogens with two attached hydrogens (primary N) is 1. The number of hydrogen-bond acceptors (Lipinski definition) is 7. The molecule has 3 rings (SSSR count). The molecule has 1 fully saturated rings. The van der Waals surface area contributed by atoms with Crippen molar-refractivity contribution in [3.63, 3.8) is 0 Å². The molecule has 0 bridgehead atoms. The molecule has 1 aliphatic heterocycles. The van der Waals surface area contributed by atoms with Gasteiger partial charge in [0, 0.05) is 31.5 Å². The Labute approximate surface area is 171 Å². The van der Waals surface area contributed by atoms with Gasteiger partial charge in [0.15, 0.2) is 11.6 Å². The van der Waals surface area contributed by atoms with E-state index in [2.05, 4.69) is 20.6 Å². The molecule has 9 nitrogen and oxygen atoms in total. The van der Waals surface area contributed by atoms with Gasteiger partial charge in [-0.1, -0.05) is 0 Å². The highest BCUT2D eigenvalue weighted by atomic mass is 19.2. The number of aromatic nitrogens is 2. The van der Waals surface area contributed by atoms with Crippen molar-refractivity contribution in [1.82, 2.24) is 15.3 Å². The van der Waals surface area contributed by atoms with Crippen LogP contribution in [0.5, 0.6) is 0 Å². The summed E-state index contributed by atoms with van der Waals surface area (Å²) in [4.78, 5) is 32.6. The summed E-state index contributed by atoms with van der Waals surface area (Å²) in [6.45, 7) is 0.964. The van der Waals surface area contributed by atoms with Crippen molar-refractivity contribution in [1.29, 1.82) is 0 Å². The lowest BCUT2D eigenvalue weighted by molar-refractivity contribution is -0.137. The summed E-state index contributed by atoms with van der Waals surface area (Å²) in [5, 5.41) is 14.0. The van der Waals surface area contributed by atoms with Gasteiger partial charge in [0.05, 0.1) is 23.8 Å². The molecule has 1 aliphatic rings. The van der Waals surface area contributed by atoms with E-state index in [1.165, 1.54) is 12.1 Å². The van der Waals surface area contributed by atoms with Crippen LogP contribution >= 0.6 is 0 Å². The molecule has 0 saturated carbocycles. The quantitative estimate of drug-likeness (QED) is 0.493. The topological polar surface area (TPSA) is 133 Å². The average molecular weight is 420 g/mol. The zero-order valence-corrected chi connectivity index (χ0v) is 16.0. The summed E-state index contributed by atoms with van der Waals surface area (Å²) < 4.78 is 29.1. The summed E-state index contributed by atoms with van der Waals surface area (Å²) >= 11 is 0. The number of piperidine rings is 1. The Morgan fingerprint density at radius 2 is 1.87 bits per heavy atom. The van der Waals surface area contributed by atoms with Crippen molar-refractivity contribution in [2.45, 2.75) is 31.5 Å². The largest absolute Gasteiger partial charge is 0.481 e. The molecule has 2 heterocycles. The molecular formula is C19H22F2N6O3. The van der Waals surface area contributed by atoms with E-state index in [1.807, 2.05) is 0 Å². The van der Waals surface area contributed by atoms with Crippen LogP contribution < -0.4 is 21.3 Å². The van der Waals surface area contributed by atoms with Gasteiger partial charge in [0.25, 0.3) is 5.91 Å². The van der Waals surface area contributed by atoms with E-state index in [4.69, 9.17) is 10.8 Å². The third kappa shape index (κ3) is 5.17. The molecule has 0 radical (unpaired) electrons. The number of nitrogens with zero attached hydrogens (tertiary/aromatic N) is 3. The van der Waals surface area contributed by atoms with Crippen molar-refractivity contribution < 1.29 is 23.5 Å². The summed E-state index contributed by atoms with van der Waals surface area (Å²) in [5.41, 5.74) is 4.99. The molecule has 1 aromatic heterocycles. The standard InChI is InChI=1S/C19H22F2N6O3/c20-16-12(18(30)26-14(22)10-15(28)29)2-3-13(17(16)21)27-8-4-11(5-9-27)25-19-23-6-1-7-24-19/h1-3,6-7,11,14H,4-5,8-10,22H2,(H,26,30)(H,28,29)(H,23,24,25). The molecule has 1 atom stereocenters. The average Bonchev–Trinajstić information content (AvgIpc) is 2.71. The van der Waals surface area contributed by atoms with Gasteiger partial charge in [0.1, 0.15) is 0 Å². The van der Waals surface area contributed by atoms with Crippen LogP contribution in [0.4, 0.5) is 20.4 Å². The molecule has 5 N–H and O–H groups in total. The van der Waals surface area contributed by atoms with Crippen LogP contribution in [0.25, 0.3) is 0 Å². The van der Waals surface area contributed by atoms with Crippen molar-refractivity contribution in [2.24, 2.45) is 5.73 Å². The third-order valence-corrected chi connectivity index (χ3v) is 4.75. The lowest BCUT2D eigenvalue weighted by Crippen LogP contribution is -2.43. The highest BCUT2D eigenvalue weighted by Gasteiger charge is 2.26. The Kier molecular flexibility index (Phi) is 6.72. The highest BCUT2D eigenvalue weighted by Crippen LogP contribution is 2.27. The fraction of sp³-hybridized carbons (Fsp3) is 0.368. The van der Waals surface area contributed by atoms with E-state index in [9.17, 15) is 18.4 Å². The van der Waals surface area contributed by atoms with Crippen LogP contribution in [0.3, 0.4) is 0 Å². The normalized spacial score (nSPS) is 15.5. The van der Waals surface area contributed by atoms with Crippen LogP contribution in [0.15, 0.2) is 30.6 Å². The van der Waals surface area contributed by atoms with E-state index < -0.39 is 41.7 Å². The fourth-order valence-electron chi connectivity index (χ4n) is 3.27. The number of halogens is 2. The number of carbonyl (C=O) groups excluding carboxylic acids is 1. The van der Waals surface area contributed by atoms with Crippen molar-refractivity contribution >= 4 is 23.5 Å². The van der Waals surface area contributed by atoms with Gasteiger partial charge >= 0.3 is 5.97 Å². The monoisotopic (exact) mass is 420 g/mol. The van der Waals surface area contributed by atoms with Crippen LogP contribution in [-0.4, -0.2) is 52.2 Å². The maximum atomic E-state index is 14.6. The fourth-order valence-corrected chi connectivity index (χ4v) is 3.27. The van der Waals surface area contributed by atoms with Gasteiger partial charge in [-0.3, -0.25) is 9.59 Å². The molecular weight excluding hydrogens is 398 g/mol. The minimum Gasteiger partial charge on any atom is -0.481 e. The number of hydrogen-bond donors (Lipinski definition) is 4. The molecule has 1 unspecified atom stereocenters. The SMILES string of the molecule is NC(CC(=O)O)NC(=O)c1ccc(N2CCC(Nc3ncccn3)CC2)c(F)c1F. The first-order chi connectivity index (χ1) is 14.3. The highest BCUT2D eigenvalue weighted by molar-refractivity contribution is 5.95. The predicted molar refractivity (Wildman–Crippen MR) is 105 cm³/mol. The predicted octanol–water partition coefficient (Wildman–Crippen LogP) is 1.32. The molecule has 0 spiro atoms. The second-order valence-corrected chi connectivity index (χ2v) is 6.92. The van der Waals surface area contributed by atoms with Crippen molar-refractivity contribution in [2.75, 3.05) is 23.3 Å². The molecule has 30 heavy (non-hydrogen) atoms. The van der Waals surface area contributed by atoms with E-state index in [1.54, 1.807) is 23.4 Å². The van der Waals surface area contributed by atoms with Crippen LogP contribution in [0.2, 0.25) is 0 Å². The number of benzene rings is 1. The number of anilines is 2. The maximum absolute atomic E-state index is 14.6. The van der Waals surface area contributed by atoms with Gasteiger partial charge in [-0.25, -0.2) is 18.7 Å². The maximum Gasteiger partial charge on any atom is 0.306 e. The van der Waals surface area contributed by atoms with E-state index in [-0.39, 0.29) is 11.7 Å². The number of aliphatic carboxylic acids is 1. The Bertz CT molecular complexity index is 907. The third-order valence-electron chi connectivity index (χ3n) is 4.75. The van der Waals surface area contributed by atoms with E-state index in [0.717, 1.165) is 0 Å².